The van der Waals surface area contributed by atoms with Gasteiger partial charge in [0.1, 0.15) is 54.1 Å². The number of carboxylic acids is 3. The minimum Gasteiger partial charge on any atom is -0.481 e. The van der Waals surface area contributed by atoms with Crippen LogP contribution < -0.4 is 47.3 Å². The Morgan fingerprint density at radius 1 is 0.549 bits per heavy atom. The van der Waals surface area contributed by atoms with E-state index in [0.29, 0.717) is 6.42 Å². The standard InChI is InChI=1S/C43H63N9O19/c1-9-10-27(43(68)71-25-13-11-24(12-14-25)52(69)70)47-36(61)21(6)44-40(65)33(19(2)3)50-41(66)34(20(4)5)49-39(64)29(18-32(59)60)48-37(62)26(15-16-30(55)56)46-42(67)35(22(7)53)51-38(63)28(17-31(57)58)45-23(8)54/h11-14,19-22,26-29,33-35,53H,9-10,15-18H2,1-8H3,(H,44,65)(H,45,54)(H,46,67)(H,47,61)(H,48,62)(H,49,64)(H,50,66)(H,51,63)(H,55,56)(H,57,58)(H,59,60)/t21-,22+,26-,27-,28-,29-,33-,34-,35-/m0/s1. The molecule has 0 heterocycles. The Labute approximate surface area is 406 Å². The molecule has 1 aromatic carbocycles. The zero-order chi connectivity index (χ0) is 54.4. The lowest BCUT2D eigenvalue weighted by Gasteiger charge is -2.29. The Bertz CT molecular complexity index is 2120. The number of benzene rings is 1. The monoisotopic (exact) mass is 1010 g/mol. The van der Waals surface area contributed by atoms with Crippen molar-refractivity contribution < 1.29 is 87.6 Å². The molecule has 71 heavy (non-hydrogen) atoms. The number of amides is 8. The third-order valence-corrected chi connectivity index (χ3v) is 10.1. The van der Waals surface area contributed by atoms with Crippen molar-refractivity contribution in [1.29, 1.82) is 0 Å². The van der Waals surface area contributed by atoms with E-state index in [4.69, 9.17) is 9.84 Å². The molecule has 8 amide bonds. The van der Waals surface area contributed by atoms with Crippen LogP contribution in [0.1, 0.15) is 93.9 Å². The number of nitro benzene ring substituents is 1. The first-order valence-electron chi connectivity index (χ1n) is 22.2. The third kappa shape index (κ3) is 21.6. The average molecular weight is 1010 g/mol. The lowest BCUT2D eigenvalue weighted by atomic mass is 9.99. The fourth-order valence-electron chi connectivity index (χ4n) is 6.34. The van der Waals surface area contributed by atoms with Gasteiger partial charge in [0.15, 0.2) is 0 Å². The SMILES string of the molecule is CCC[C@H](NC(=O)[C@H](C)NC(=O)[C@@H](NC(=O)[C@@H](NC(=O)[C@H](CC(=O)O)NC(=O)[C@H](CCC(=O)O)NC(=O)[C@@H](NC(=O)[C@H](CC(=O)O)NC(C)=O)[C@@H](C)O)C(C)C)C(C)C)C(=O)Oc1ccc([N+](=O)[O-])cc1. The van der Waals surface area contributed by atoms with Crippen molar-refractivity contribution in [3.05, 3.63) is 34.4 Å². The van der Waals surface area contributed by atoms with Crippen LogP contribution in [0.3, 0.4) is 0 Å². The number of aliphatic carboxylic acids is 3. The van der Waals surface area contributed by atoms with Crippen LogP contribution in [0.4, 0.5) is 5.69 Å². The normalized spacial score (nSPS) is 14.7. The first kappa shape index (κ1) is 61.2. The van der Waals surface area contributed by atoms with Crippen molar-refractivity contribution in [2.75, 3.05) is 0 Å². The maximum atomic E-state index is 13.8. The van der Waals surface area contributed by atoms with Crippen LogP contribution in [0.2, 0.25) is 0 Å². The topological polar surface area (TPSA) is 434 Å². The summed E-state index contributed by atoms with van der Waals surface area (Å²) in [6.07, 6.45) is -4.81. The molecule has 0 bridgehead atoms. The quantitative estimate of drug-likeness (QED) is 0.0167. The molecule has 28 nitrogen and oxygen atoms in total. The molecule has 1 aromatic rings. The number of carboxylic acid groups (broad SMARTS) is 3. The van der Waals surface area contributed by atoms with Gasteiger partial charge in [-0.25, -0.2) is 4.79 Å². The summed E-state index contributed by atoms with van der Waals surface area (Å²) in [5.74, 6) is -15.7. The molecule has 0 aliphatic rings. The zero-order valence-corrected chi connectivity index (χ0v) is 40.3. The molecular formula is C43H63N9O19. The van der Waals surface area contributed by atoms with Gasteiger partial charge in [-0.1, -0.05) is 41.0 Å². The minimum atomic E-state index is -2.01. The van der Waals surface area contributed by atoms with Gasteiger partial charge in [0, 0.05) is 25.5 Å². The molecule has 1 rings (SSSR count). The van der Waals surface area contributed by atoms with E-state index in [9.17, 15) is 83.0 Å². The van der Waals surface area contributed by atoms with E-state index < -0.39 is 168 Å². The molecule has 0 radical (unpaired) electrons. The number of non-ortho nitro benzene ring substituents is 1. The number of esters is 1. The second kappa shape index (κ2) is 29.3. The highest BCUT2D eigenvalue weighted by Crippen LogP contribution is 2.18. The van der Waals surface area contributed by atoms with Crippen molar-refractivity contribution in [3.63, 3.8) is 0 Å². The molecule has 0 saturated carbocycles. The number of aliphatic hydroxyl groups is 1. The Hall–Kier alpha value is -7.78. The van der Waals surface area contributed by atoms with Gasteiger partial charge in [0.05, 0.1) is 23.9 Å². The van der Waals surface area contributed by atoms with Gasteiger partial charge in [-0.3, -0.25) is 62.9 Å². The molecular weight excluding hydrogens is 947 g/mol. The Kier molecular flexibility index (Phi) is 25.3. The van der Waals surface area contributed by atoms with Crippen molar-refractivity contribution in [2.24, 2.45) is 11.8 Å². The second-order valence-corrected chi connectivity index (χ2v) is 16.9. The summed E-state index contributed by atoms with van der Waals surface area (Å²) in [4.78, 5) is 164. The van der Waals surface area contributed by atoms with Crippen LogP contribution in [-0.4, -0.2) is 151 Å². The molecule has 0 aromatic heterocycles. The van der Waals surface area contributed by atoms with E-state index in [1.54, 1.807) is 20.8 Å². The molecule has 0 aliphatic heterocycles. The molecule has 9 atom stereocenters. The van der Waals surface area contributed by atoms with Crippen LogP contribution >= 0.6 is 0 Å². The van der Waals surface area contributed by atoms with Gasteiger partial charge in [-0.15, -0.1) is 0 Å². The van der Waals surface area contributed by atoms with Crippen molar-refractivity contribution in [3.8, 4) is 5.75 Å². The number of rotatable bonds is 30. The smallest absolute Gasteiger partial charge is 0.334 e. The second-order valence-electron chi connectivity index (χ2n) is 16.9. The van der Waals surface area contributed by atoms with Crippen LogP contribution in [0, 0.1) is 22.0 Å². The van der Waals surface area contributed by atoms with Gasteiger partial charge in [0.2, 0.25) is 47.3 Å². The third-order valence-electron chi connectivity index (χ3n) is 10.1. The number of hydrogen-bond acceptors (Lipinski definition) is 16. The maximum absolute atomic E-state index is 13.8. The van der Waals surface area contributed by atoms with E-state index in [1.807, 2.05) is 0 Å². The van der Waals surface area contributed by atoms with Crippen LogP contribution in [0.15, 0.2) is 24.3 Å². The number of ether oxygens (including phenoxy) is 1. The van der Waals surface area contributed by atoms with Gasteiger partial charge in [-0.05, 0) is 50.7 Å². The number of nitrogens with one attached hydrogen (secondary N) is 8. The number of carbonyl (C=O) groups is 12. The van der Waals surface area contributed by atoms with Crippen LogP contribution in [0.5, 0.6) is 5.75 Å². The van der Waals surface area contributed by atoms with E-state index >= 15 is 0 Å². The molecule has 0 unspecified atom stereocenters. The molecule has 0 fully saturated rings. The number of nitro groups is 1. The van der Waals surface area contributed by atoms with Crippen LogP contribution in [-0.2, 0) is 57.5 Å². The minimum absolute atomic E-state index is 0.0275. The van der Waals surface area contributed by atoms with Gasteiger partial charge in [-0.2, -0.15) is 0 Å². The van der Waals surface area contributed by atoms with E-state index in [2.05, 4.69) is 42.5 Å². The Morgan fingerprint density at radius 2 is 0.972 bits per heavy atom. The van der Waals surface area contributed by atoms with E-state index in [-0.39, 0.29) is 17.9 Å². The lowest BCUT2D eigenvalue weighted by molar-refractivity contribution is -0.384. The van der Waals surface area contributed by atoms with E-state index in [1.165, 1.54) is 32.9 Å². The first-order valence-corrected chi connectivity index (χ1v) is 22.2. The maximum Gasteiger partial charge on any atom is 0.334 e. The van der Waals surface area contributed by atoms with Gasteiger partial charge >= 0.3 is 23.9 Å². The molecule has 0 spiro atoms. The Balaban J connectivity index is 3.26. The zero-order valence-electron chi connectivity index (χ0n) is 40.3. The molecule has 394 valence electrons. The highest BCUT2D eigenvalue weighted by atomic mass is 16.6. The van der Waals surface area contributed by atoms with Crippen molar-refractivity contribution in [2.45, 2.75) is 148 Å². The number of nitrogens with zero attached hydrogens (tertiary/aromatic N) is 1. The average Bonchev–Trinajstić information content (AvgIpc) is 3.25. The summed E-state index contributed by atoms with van der Waals surface area (Å²) >= 11 is 0. The lowest BCUT2D eigenvalue weighted by Crippen LogP contribution is -2.62. The van der Waals surface area contributed by atoms with Gasteiger partial charge in [0.25, 0.3) is 5.69 Å². The fraction of sp³-hybridized carbons (Fsp3) is 0.581. The molecule has 12 N–H and O–H groups in total. The molecule has 0 aliphatic carbocycles. The largest absolute Gasteiger partial charge is 0.481 e. The van der Waals surface area contributed by atoms with Gasteiger partial charge < -0.3 is 67.7 Å². The fourth-order valence-corrected chi connectivity index (χ4v) is 6.34. The first-order chi connectivity index (χ1) is 33.0. The molecule has 0 saturated heterocycles. The summed E-state index contributed by atoms with van der Waals surface area (Å²) in [5.41, 5.74) is -0.247. The molecule has 28 heteroatoms. The highest BCUT2D eigenvalue weighted by Gasteiger charge is 2.37. The number of carbonyl (C=O) groups excluding carboxylic acids is 9. The number of aliphatic hydroxyl groups excluding tert-OH is 1. The summed E-state index contributed by atoms with van der Waals surface area (Å²) in [6.45, 7) is 11.0. The van der Waals surface area contributed by atoms with E-state index in [0.717, 1.165) is 26.0 Å². The number of hydrogen-bond donors (Lipinski definition) is 12. The summed E-state index contributed by atoms with van der Waals surface area (Å²) < 4.78 is 5.28. The van der Waals surface area contributed by atoms with Crippen molar-refractivity contribution >= 4 is 76.8 Å². The predicted octanol–water partition coefficient (Wildman–Crippen LogP) is -2.27. The summed E-state index contributed by atoms with van der Waals surface area (Å²) in [5, 5.41) is 67.6. The summed E-state index contributed by atoms with van der Waals surface area (Å²) in [6, 6.07) is -8.33. The van der Waals surface area contributed by atoms with Crippen molar-refractivity contribution in [1.82, 2.24) is 42.5 Å². The Morgan fingerprint density at radius 3 is 1.41 bits per heavy atom. The summed E-state index contributed by atoms with van der Waals surface area (Å²) in [7, 11) is 0. The van der Waals surface area contributed by atoms with Crippen LogP contribution in [0.25, 0.3) is 0 Å². The predicted molar refractivity (Wildman–Crippen MR) is 243 cm³/mol. The highest BCUT2D eigenvalue weighted by molar-refractivity contribution is 5.99.